The molecule has 1 aliphatic rings. The number of aromatic nitrogens is 3. The van der Waals surface area contributed by atoms with E-state index in [9.17, 15) is 0 Å². The predicted molar refractivity (Wildman–Crippen MR) is 125 cm³/mol. The second kappa shape index (κ2) is 8.22. The van der Waals surface area contributed by atoms with Crippen molar-refractivity contribution in [1.82, 2.24) is 14.4 Å². The zero-order chi connectivity index (χ0) is 22.2. The predicted octanol–water partition coefficient (Wildman–Crippen LogP) is 6.37. The van der Waals surface area contributed by atoms with Gasteiger partial charge in [0.25, 0.3) is 0 Å². The Kier molecular flexibility index (Phi) is 5.61. The minimum absolute atomic E-state index is 0.108. The smallest absolute Gasteiger partial charge is 0.213 e. The molecule has 0 spiro atoms. The fraction of sp³-hybridized carbons (Fsp3) is 0.385. The summed E-state index contributed by atoms with van der Waals surface area (Å²) >= 11 is 0. The summed E-state index contributed by atoms with van der Waals surface area (Å²) in [7, 11) is 0. The van der Waals surface area contributed by atoms with Crippen molar-refractivity contribution < 1.29 is 9.47 Å². The molecule has 3 aromatic rings. The number of pyridine rings is 2. The summed E-state index contributed by atoms with van der Waals surface area (Å²) in [6.45, 7) is 12.4. The Bertz CT molecular complexity index is 1150. The molecule has 31 heavy (non-hydrogen) atoms. The van der Waals surface area contributed by atoms with E-state index in [2.05, 4.69) is 72.5 Å². The van der Waals surface area contributed by atoms with Gasteiger partial charge in [-0.3, -0.25) is 4.40 Å². The molecule has 0 saturated carbocycles. The Hall–Kier alpha value is -3.08. The summed E-state index contributed by atoms with van der Waals surface area (Å²) in [5, 5.41) is 0. The number of allylic oxidation sites excluding steroid dienone is 4. The molecule has 4 rings (SSSR count). The van der Waals surface area contributed by atoms with Crippen LogP contribution in [0.15, 0.2) is 54.7 Å². The van der Waals surface area contributed by atoms with E-state index >= 15 is 0 Å². The third-order valence-electron chi connectivity index (χ3n) is 5.14. The molecule has 3 heterocycles. The van der Waals surface area contributed by atoms with Crippen molar-refractivity contribution in [3.8, 4) is 17.0 Å². The Morgan fingerprint density at radius 2 is 1.84 bits per heavy atom. The third-order valence-corrected chi connectivity index (χ3v) is 5.14. The maximum Gasteiger partial charge on any atom is 0.213 e. The fourth-order valence-electron chi connectivity index (χ4n) is 3.82. The van der Waals surface area contributed by atoms with Crippen LogP contribution in [0, 0.1) is 6.92 Å². The van der Waals surface area contributed by atoms with E-state index in [0.717, 1.165) is 41.1 Å². The van der Waals surface area contributed by atoms with Crippen molar-refractivity contribution >= 4 is 11.2 Å². The van der Waals surface area contributed by atoms with Crippen LogP contribution in [0.25, 0.3) is 22.3 Å². The van der Waals surface area contributed by atoms with Crippen molar-refractivity contribution in [2.75, 3.05) is 0 Å². The highest BCUT2D eigenvalue weighted by molar-refractivity contribution is 5.72. The topological polar surface area (TPSA) is 48.7 Å². The van der Waals surface area contributed by atoms with Gasteiger partial charge < -0.3 is 9.47 Å². The molecule has 0 fully saturated rings. The van der Waals surface area contributed by atoms with E-state index in [1.54, 1.807) is 0 Å². The average Bonchev–Trinajstić information content (AvgIpc) is 3.09. The molecule has 0 unspecified atom stereocenters. The van der Waals surface area contributed by atoms with Gasteiger partial charge in [0.1, 0.15) is 11.2 Å². The Morgan fingerprint density at radius 3 is 2.45 bits per heavy atom. The molecule has 162 valence electrons. The molecule has 5 heteroatoms. The van der Waals surface area contributed by atoms with Gasteiger partial charge in [0, 0.05) is 36.0 Å². The second-order valence-corrected chi connectivity index (χ2v) is 9.33. The van der Waals surface area contributed by atoms with Crippen LogP contribution in [-0.4, -0.2) is 26.1 Å². The highest BCUT2D eigenvalue weighted by Crippen LogP contribution is 2.32. The molecule has 0 aliphatic heterocycles. The van der Waals surface area contributed by atoms with Crippen molar-refractivity contribution in [2.24, 2.45) is 0 Å². The standard InChI is InChI=1S/C26H31N3O2/c1-17(2)30-25-12-9-20(14-28-25)22-16-29-23(15-27-24(29)13-18(22)3)19-7-10-21(11-8-19)31-26(4,5)6/h7,9-10,12-17H,8,11H2,1-6H3. The van der Waals surface area contributed by atoms with Gasteiger partial charge in [-0.1, -0.05) is 6.08 Å². The summed E-state index contributed by atoms with van der Waals surface area (Å²) < 4.78 is 13.9. The molecule has 0 N–H and O–H groups in total. The molecule has 0 bridgehead atoms. The summed E-state index contributed by atoms with van der Waals surface area (Å²) in [6.07, 6.45) is 12.2. The van der Waals surface area contributed by atoms with Gasteiger partial charge in [0.2, 0.25) is 5.88 Å². The molecule has 0 radical (unpaired) electrons. The van der Waals surface area contributed by atoms with Gasteiger partial charge in [-0.15, -0.1) is 0 Å². The molecule has 0 saturated heterocycles. The number of imidazole rings is 1. The molecule has 5 nitrogen and oxygen atoms in total. The largest absolute Gasteiger partial charge is 0.492 e. The summed E-state index contributed by atoms with van der Waals surface area (Å²) in [4.78, 5) is 9.12. The normalized spacial score (nSPS) is 14.5. The maximum absolute atomic E-state index is 6.03. The van der Waals surface area contributed by atoms with Crippen molar-refractivity contribution in [1.29, 1.82) is 0 Å². The minimum Gasteiger partial charge on any atom is -0.492 e. The van der Waals surface area contributed by atoms with Gasteiger partial charge in [0.15, 0.2) is 0 Å². The molecular weight excluding hydrogens is 386 g/mol. The lowest BCUT2D eigenvalue weighted by atomic mass is 10.0. The zero-order valence-electron chi connectivity index (χ0n) is 19.3. The summed E-state index contributed by atoms with van der Waals surface area (Å²) in [5.41, 5.74) is 6.54. The molecule has 1 aliphatic carbocycles. The Balaban J connectivity index is 1.67. The van der Waals surface area contributed by atoms with Crippen LogP contribution in [0.3, 0.4) is 0 Å². The van der Waals surface area contributed by atoms with E-state index < -0.39 is 0 Å². The highest BCUT2D eigenvalue weighted by Gasteiger charge is 2.18. The minimum atomic E-state index is -0.170. The third kappa shape index (κ3) is 4.82. The van der Waals surface area contributed by atoms with Gasteiger partial charge >= 0.3 is 0 Å². The van der Waals surface area contributed by atoms with Gasteiger partial charge in [-0.25, -0.2) is 9.97 Å². The highest BCUT2D eigenvalue weighted by atomic mass is 16.5. The van der Waals surface area contributed by atoms with Crippen molar-refractivity contribution in [3.05, 3.63) is 66.0 Å². The van der Waals surface area contributed by atoms with Crippen LogP contribution in [0.4, 0.5) is 0 Å². The molecule has 0 amide bonds. The Morgan fingerprint density at radius 1 is 1.03 bits per heavy atom. The number of nitrogens with zero attached hydrogens (tertiary/aromatic N) is 3. The average molecular weight is 418 g/mol. The second-order valence-electron chi connectivity index (χ2n) is 9.33. The van der Waals surface area contributed by atoms with Gasteiger partial charge in [-0.05, 0) is 77.3 Å². The first-order valence-electron chi connectivity index (χ1n) is 10.9. The van der Waals surface area contributed by atoms with Crippen LogP contribution < -0.4 is 4.74 Å². The Labute approximate surface area is 184 Å². The lowest BCUT2D eigenvalue weighted by Gasteiger charge is -2.25. The first kappa shape index (κ1) is 21.2. The van der Waals surface area contributed by atoms with Crippen molar-refractivity contribution in [3.63, 3.8) is 0 Å². The van der Waals surface area contributed by atoms with Crippen LogP contribution in [0.1, 0.15) is 58.7 Å². The quantitative estimate of drug-likeness (QED) is 0.484. The van der Waals surface area contributed by atoms with Gasteiger partial charge in [0.05, 0.1) is 23.8 Å². The van der Waals surface area contributed by atoms with Gasteiger partial charge in [-0.2, -0.15) is 0 Å². The first-order valence-corrected chi connectivity index (χ1v) is 10.9. The number of rotatable bonds is 5. The molecular formula is C26H31N3O2. The molecule has 0 atom stereocenters. The van der Waals surface area contributed by atoms with Crippen molar-refractivity contribution in [2.45, 2.75) is 66.1 Å². The van der Waals surface area contributed by atoms with Crippen LogP contribution in [0.2, 0.25) is 0 Å². The SMILES string of the molecule is Cc1cc2ncc(C3=CC=C(OC(C)(C)C)CC3)n2cc1-c1ccc(OC(C)C)nc1. The maximum atomic E-state index is 6.03. The first-order chi connectivity index (χ1) is 14.7. The van der Waals surface area contributed by atoms with E-state index in [-0.39, 0.29) is 11.7 Å². The molecule has 0 aromatic carbocycles. The van der Waals surface area contributed by atoms with Crippen LogP contribution >= 0.6 is 0 Å². The molecule has 3 aromatic heterocycles. The number of aryl methyl sites for hydroxylation is 1. The van der Waals surface area contributed by atoms with E-state index in [0.29, 0.717) is 5.88 Å². The van der Waals surface area contributed by atoms with E-state index in [4.69, 9.17) is 9.47 Å². The van der Waals surface area contributed by atoms with E-state index in [1.807, 2.05) is 32.3 Å². The monoisotopic (exact) mass is 417 g/mol. The van der Waals surface area contributed by atoms with E-state index in [1.165, 1.54) is 11.1 Å². The number of hydrogen-bond donors (Lipinski definition) is 0. The fourth-order valence-corrected chi connectivity index (χ4v) is 3.82. The number of ether oxygens (including phenoxy) is 2. The van der Waals surface area contributed by atoms with Crippen LogP contribution in [-0.2, 0) is 4.74 Å². The lowest BCUT2D eigenvalue weighted by molar-refractivity contribution is 0.0469. The number of fused-ring (bicyclic) bond motifs is 1. The summed E-state index contributed by atoms with van der Waals surface area (Å²) in [5.74, 6) is 1.68. The van der Waals surface area contributed by atoms with Crippen LogP contribution in [0.5, 0.6) is 5.88 Å². The lowest BCUT2D eigenvalue weighted by Crippen LogP contribution is -2.19. The zero-order valence-corrected chi connectivity index (χ0v) is 19.3. The summed E-state index contributed by atoms with van der Waals surface area (Å²) in [6, 6.07) is 6.12. The number of hydrogen-bond acceptors (Lipinski definition) is 4.